The number of aromatic nitrogens is 3. The summed E-state index contributed by atoms with van der Waals surface area (Å²) in [5.41, 5.74) is 3.52. The number of fused-ring (bicyclic) bond motifs is 1. The minimum atomic E-state index is -0.154. The van der Waals surface area contributed by atoms with Crippen LogP contribution in [0, 0.1) is 6.92 Å². The molecule has 0 unspecified atom stereocenters. The first kappa shape index (κ1) is 17.0. The Labute approximate surface area is 151 Å². The minimum absolute atomic E-state index is 0.154. The molecule has 0 bridgehead atoms. The molecule has 0 aromatic carbocycles. The smallest absolute Gasteiger partial charge is 0.269 e. The normalized spacial score (nSPS) is 17.3. The molecule has 2 aliphatic heterocycles. The van der Waals surface area contributed by atoms with Crippen LogP contribution in [0.25, 0.3) is 0 Å². The van der Waals surface area contributed by atoms with E-state index in [2.05, 4.69) is 31.0 Å². The molecule has 0 radical (unpaired) electrons. The number of aromatic amines is 1. The molecule has 0 amide bonds. The summed E-state index contributed by atoms with van der Waals surface area (Å²) in [5.74, 6) is 0.652. The van der Waals surface area contributed by atoms with Gasteiger partial charge in [-0.1, -0.05) is 0 Å². The Kier molecular flexibility index (Phi) is 4.85. The predicted molar refractivity (Wildman–Crippen MR) is 96.5 cm³/mol. The summed E-state index contributed by atoms with van der Waals surface area (Å²) < 4.78 is 11.2. The first-order chi connectivity index (χ1) is 12.7. The van der Waals surface area contributed by atoms with E-state index in [9.17, 15) is 4.79 Å². The van der Waals surface area contributed by atoms with Crippen LogP contribution in [0.1, 0.15) is 16.8 Å². The Balaban J connectivity index is 1.38. The predicted octanol–water partition coefficient (Wildman–Crippen LogP) is 0.705. The van der Waals surface area contributed by atoms with Crippen molar-refractivity contribution >= 4 is 5.69 Å². The molecule has 0 atom stereocenters. The third-order valence-corrected chi connectivity index (χ3v) is 4.92. The van der Waals surface area contributed by atoms with Crippen LogP contribution in [0.3, 0.4) is 0 Å². The summed E-state index contributed by atoms with van der Waals surface area (Å²) in [5, 5.41) is 6.38. The lowest BCUT2D eigenvalue weighted by molar-refractivity contribution is 0.0320. The highest BCUT2D eigenvalue weighted by Gasteiger charge is 2.23. The van der Waals surface area contributed by atoms with E-state index >= 15 is 0 Å². The zero-order chi connectivity index (χ0) is 17.9. The topological polar surface area (TPSA) is 83.6 Å². The van der Waals surface area contributed by atoms with Crippen LogP contribution in [-0.4, -0.2) is 59.5 Å². The van der Waals surface area contributed by atoms with Gasteiger partial charge >= 0.3 is 0 Å². The third-order valence-electron chi connectivity index (χ3n) is 4.92. The van der Waals surface area contributed by atoms with Crippen LogP contribution in [0.2, 0.25) is 0 Å². The van der Waals surface area contributed by atoms with Gasteiger partial charge < -0.3 is 14.4 Å². The summed E-state index contributed by atoms with van der Waals surface area (Å²) in [6.45, 7) is 8.20. The molecule has 1 fully saturated rings. The Morgan fingerprint density at radius 1 is 1.27 bits per heavy atom. The SMILES string of the molecule is Cc1c(N2Cc3ccc(OCCN4CCOCC4)nc3C2)cn[nH]c1=O. The van der Waals surface area contributed by atoms with Crippen molar-refractivity contribution in [1.29, 1.82) is 0 Å². The van der Waals surface area contributed by atoms with Gasteiger partial charge in [0.15, 0.2) is 0 Å². The second kappa shape index (κ2) is 7.43. The van der Waals surface area contributed by atoms with Crippen molar-refractivity contribution < 1.29 is 9.47 Å². The molecule has 8 heteroatoms. The number of anilines is 1. The number of nitrogens with zero attached hydrogens (tertiary/aromatic N) is 4. The molecule has 26 heavy (non-hydrogen) atoms. The van der Waals surface area contributed by atoms with E-state index in [0.29, 0.717) is 24.6 Å². The molecule has 0 spiro atoms. The highest BCUT2D eigenvalue weighted by Crippen LogP contribution is 2.28. The number of morpholine rings is 1. The van der Waals surface area contributed by atoms with Crippen LogP contribution in [0.5, 0.6) is 5.88 Å². The summed E-state index contributed by atoms with van der Waals surface area (Å²) >= 11 is 0. The fraction of sp³-hybridized carbons (Fsp3) is 0.500. The van der Waals surface area contributed by atoms with Crippen LogP contribution in [-0.2, 0) is 17.8 Å². The van der Waals surface area contributed by atoms with Crippen molar-refractivity contribution in [1.82, 2.24) is 20.1 Å². The van der Waals surface area contributed by atoms with Gasteiger partial charge in [-0.05, 0) is 18.6 Å². The van der Waals surface area contributed by atoms with Gasteiger partial charge in [-0.25, -0.2) is 10.1 Å². The second-order valence-electron chi connectivity index (χ2n) is 6.62. The molecule has 4 rings (SSSR count). The van der Waals surface area contributed by atoms with Gasteiger partial charge in [-0.2, -0.15) is 5.10 Å². The molecule has 1 N–H and O–H groups in total. The van der Waals surface area contributed by atoms with Crippen LogP contribution in [0.4, 0.5) is 5.69 Å². The van der Waals surface area contributed by atoms with Gasteiger partial charge in [0, 0.05) is 37.8 Å². The fourth-order valence-corrected chi connectivity index (χ4v) is 3.36. The fourth-order valence-electron chi connectivity index (χ4n) is 3.36. The molecule has 2 aromatic rings. The minimum Gasteiger partial charge on any atom is -0.476 e. The lowest BCUT2D eigenvalue weighted by Gasteiger charge is -2.26. The zero-order valence-corrected chi connectivity index (χ0v) is 14.9. The summed E-state index contributed by atoms with van der Waals surface area (Å²) in [7, 11) is 0. The van der Waals surface area contributed by atoms with Gasteiger partial charge in [-0.3, -0.25) is 9.69 Å². The first-order valence-corrected chi connectivity index (χ1v) is 8.91. The van der Waals surface area contributed by atoms with Gasteiger partial charge in [0.1, 0.15) is 6.61 Å². The monoisotopic (exact) mass is 357 g/mol. The molecular formula is C18H23N5O3. The van der Waals surface area contributed by atoms with E-state index in [0.717, 1.165) is 56.3 Å². The number of pyridine rings is 1. The molecule has 4 heterocycles. The highest BCUT2D eigenvalue weighted by molar-refractivity contribution is 5.53. The van der Waals surface area contributed by atoms with Crippen molar-refractivity contribution in [3.63, 3.8) is 0 Å². The molecule has 0 aliphatic carbocycles. The van der Waals surface area contributed by atoms with Gasteiger partial charge in [0.25, 0.3) is 5.56 Å². The van der Waals surface area contributed by atoms with E-state index in [-0.39, 0.29) is 5.56 Å². The maximum atomic E-state index is 11.8. The number of H-pyrrole nitrogens is 1. The van der Waals surface area contributed by atoms with E-state index < -0.39 is 0 Å². The van der Waals surface area contributed by atoms with Gasteiger partial charge in [-0.15, -0.1) is 0 Å². The van der Waals surface area contributed by atoms with Gasteiger partial charge in [0.05, 0.1) is 37.3 Å². The van der Waals surface area contributed by atoms with Gasteiger partial charge in [0.2, 0.25) is 5.88 Å². The number of hydrogen-bond donors (Lipinski definition) is 1. The molecule has 2 aliphatic rings. The van der Waals surface area contributed by atoms with E-state index in [1.165, 1.54) is 0 Å². The third kappa shape index (κ3) is 3.56. The largest absolute Gasteiger partial charge is 0.476 e. The van der Waals surface area contributed by atoms with E-state index in [1.54, 1.807) is 6.20 Å². The lowest BCUT2D eigenvalue weighted by atomic mass is 10.2. The number of rotatable bonds is 5. The van der Waals surface area contributed by atoms with E-state index in [1.807, 2.05) is 13.0 Å². The van der Waals surface area contributed by atoms with Crippen LogP contribution in [0.15, 0.2) is 23.1 Å². The Morgan fingerprint density at radius 2 is 2.12 bits per heavy atom. The summed E-state index contributed by atoms with van der Waals surface area (Å²) in [6, 6.07) is 3.98. The molecule has 8 nitrogen and oxygen atoms in total. The standard InChI is InChI=1S/C18H23N5O3/c1-13-16(10-19-21-18(13)24)23-11-14-2-3-17(20-15(14)12-23)26-9-6-22-4-7-25-8-5-22/h2-3,10H,4-9,11-12H2,1H3,(H,21,24). The molecule has 1 saturated heterocycles. The maximum Gasteiger partial charge on any atom is 0.269 e. The Bertz CT molecular complexity index is 832. The van der Waals surface area contributed by atoms with Crippen molar-refractivity contribution in [3.05, 3.63) is 45.5 Å². The number of hydrogen-bond acceptors (Lipinski definition) is 7. The average molecular weight is 357 g/mol. The van der Waals surface area contributed by atoms with Crippen LogP contribution < -0.4 is 15.2 Å². The summed E-state index contributed by atoms with van der Waals surface area (Å²) in [4.78, 5) is 20.9. The Hall–Kier alpha value is -2.45. The van der Waals surface area contributed by atoms with Crippen molar-refractivity contribution in [2.45, 2.75) is 20.0 Å². The molecule has 2 aromatic heterocycles. The summed E-state index contributed by atoms with van der Waals surface area (Å²) in [6.07, 6.45) is 1.70. The van der Waals surface area contributed by atoms with Crippen molar-refractivity contribution in [3.8, 4) is 5.88 Å². The zero-order valence-electron chi connectivity index (χ0n) is 14.9. The second-order valence-corrected chi connectivity index (χ2v) is 6.62. The van der Waals surface area contributed by atoms with Crippen molar-refractivity contribution in [2.75, 3.05) is 44.4 Å². The van der Waals surface area contributed by atoms with E-state index in [4.69, 9.17) is 9.47 Å². The number of nitrogens with one attached hydrogen (secondary N) is 1. The van der Waals surface area contributed by atoms with Crippen molar-refractivity contribution in [2.24, 2.45) is 0 Å². The quantitative estimate of drug-likeness (QED) is 0.843. The molecule has 138 valence electrons. The maximum absolute atomic E-state index is 11.8. The number of ether oxygens (including phenoxy) is 2. The first-order valence-electron chi connectivity index (χ1n) is 8.91. The average Bonchev–Trinajstić information content (AvgIpc) is 3.08. The molecular weight excluding hydrogens is 334 g/mol. The lowest BCUT2D eigenvalue weighted by Crippen LogP contribution is -2.38. The highest BCUT2D eigenvalue weighted by atomic mass is 16.5. The molecule has 0 saturated carbocycles. The van der Waals surface area contributed by atoms with Crippen LogP contribution >= 0.6 is 0 Å². The Morgan fingerprint density at radius 3 is 2.96 bits per heavy atom.